The summed E-state index contributed by atoms with van der Waals surface area (Å²) in [6.07, 6.45) is 3.33. The molecule has 0 aliphatic carbocycles. The molecule has 0 aliphatic rings. The molecule has 1 aromatic carbocycles. The summed E-state index contributed by atoms with van der Waals surface area (Å²) < 4.78 is 15.2. The Morgan fingerprint density at radius 2 is 2.11 bits per heavy atom. The van der Waals surface area contributed by atoms with Crippen LogP contribution in [0.15, 0.2) is 46.9 Å². The summed E-state index contributed by atoms with van der Waals surface area (Å²) in [7, 11) is -1.39. The summed E-state index contributed by atoms with van der Waals surface area (Å²) >= 11 is 1.40. The smallest absolute Gasteiger partial charge is 0.194 e. The predicted octanol–water partition coefficient (Wildman–Crippen LogP) is 2.41. The fraction of sp³-hybridized carbons (Fsp3) is 0. The molecule has 19 heavy (non-hydrogen) atoms. The maximum absolute atomic E-state index is 12.3. The number of nitrogen functional groups attached to an aromatic ring is 1. The van der Waals surface area contributed by atoms with Gasteiger partial charge in [-0.1, -0.05) is 0 Å². The van der Waals surface area contributed by atoms with Crippen molar-refractivity contribution in [2.45, 2.75) is 4.90 Å². The van der Waals surface area contributed by atoms with Crippen molar-refractivity contribution < 1.29 is 4.21 Å². The Labute approximate surface area is 116 Å². The maximum atomic E-state index is 12.3. The van der Waals surface area contributed by atoms with Crippen LogP contribution in [0.3, 0.4) is 0 Å². The number of benzene rings is 1. The van der Waals surface area contributed by atoms with Crippen molar-refractivity contribution in [3.8, 4) is 0 Å². The van der Waals surface area contributed by atoms with Crippen molar-refractivity contribution in [3.05, 3.63) is 42.0 Å². The minimum atomic E-state index is -1.39. The van der Waals surface area contributed by atoms with Gasteiger partial charge in [0.05, 0.1) is 16.1 Å². The largest absolute Gasteiger partial charge is 0.397 e. The predicted molar refractivity (Wildman–Crippen MR) is 78.3 cm³/mol. The van der Waals surface area contributed by atoms with E-state index in [1.165, 1.54) is 11.3 Å². The molecule has 0 bridgehead atoms. The van der Waals surface area contributed by atoms with Crippen LogP contribution in [0.4, 0.5) is 10.8 Å². The van der Waals surface area contributed by atoms with Gasteiger partial charge in [-0.2, -0.15) is 0 Å². The summed E-state index contributed by atoms with van der Waals surface area (Å²) in [5.74, 6) is 0. The van der Waals surface area contributed by atoms with Crippen LogP contribution in [0, 0.1) is 0 Å². The highest BCUT2D eigenvalue weighted by Crippen LogP contribution is 2.25. The first-order chi connectivity index (χ1) is 9.25. The van der Waals surface area contributed by atoms with Gasteiger partial charge in [-0.3, -0.25) is 9.71 Å². The average Bonchev–Trinajstić information content (AvgIpc) is 2.92. The quantitative estimate of drug-likeness (QED) is 0.726. The van der Waals surface area contributed by atoms with Gasteiger partial charge in [0.2, 0.25) is 0 Å². The number of hydrogen-bond donors (Lipinski definition) is 2. The minimum Gasteiger partial charge on any atom is -0.397 e. The molecule has 0 saturated heterocycles. The average molecular weight is 290 g/mol. The molecule has 3 N–H and O–H groups in total. The number of aromatic nitrogens is 2. The second-order valence-corrected chi connectivity index (χ2v) is 5.84. The summed E-state index contributed by atoms with van der Waals surface area (Å²) in [4.78, 5) is 8.92. The maximum Gasteiger partial charge on any atom is 0.194 e. The summed E-state index contributed by atoms with van der Waals surface area (Å²) in [6.45, 7) is 0. The number of thiazole rings is 1. The van der Waals surface area contributed by atoms with E-state index in [4.69, 9.17) is 5.73 Å². The van der Waals surface area contributed by atoms with Gasteiger partial charge in [-0.25, -0.2) is 9.19 Å². The highest BCUT2D eigenvalue weighted by molar-refractivity contribution is 7.86. The van der Waals surface area contributed by atoms with E-state index >= 15 is 0 Å². The number of anilines is 2. The molecule has 0 aliphatic heterocycles. The Morgan fingerprint density at radius 3 is 2.89 bits per heavy atom. The Kier molecular flexibility index (Phi) is 3.14. The molecule has 1 atom stereocenters. The summed E-state index contributed by atoms with van der Waals surface area (Å²) in [5, 5.41) is 3.22. The third-order valence-electron chi connectivity index (χ3n) is 2.57. The monoisotopic (exact) mass is 290 g/mol. The lowest BCUT2D eigenvalue weighted by molar-refractivity contribution is 0.687. The fourth-order valence-electron chi connectivity index (χ4n) is 1.74. The zero-order chi connectivity index (χ0) is 13.2. The van der Waals surface area contributed by atoms with E-state index in [-0.39, 0.29) is 0 Å². The molecule has 2 aromatic heterocycles. The number of rotatable bonds is 3. The second-order valence-electron chi connectivity index (χ2n) is 3.76. The van der Waals surface area contributed by atoms with Gasteiger partial charge < -0.3 is 5.73 Å². The number of pyridine rings is 1. The van der Waals surface area contributed by atoms with Crippen LogP contribution in [-0.4, -0.2) is 14.2 Å². The third kappa shape index (κ3) is 2.29. The van der Waals surface area contributed by atoms with E-state index < -0.39 is 11.0 Å². The van der Waals surface area contributed by atoms with E-state index in [1.807, 2.05) is 11.4 Å². The van der Waals surface area contributed by atoms with Crippen LogP contribution in [-0.2, 0) is 11.0 Å². The molecule has 0 radical (unpaired) electrons. The van der Waals surface area contributed by atoms with E-state index in [2.05, 4.69) is 14.7 Å². The van der Waals surface area contributed by atoms with Gasteiger partial charge >= 0.3 is 0 Å². The first kappa shape index (κ1) is 12.1. The molecule has 0 fully saturated rings. The molecule has 0 amide bonds. The molecule has 3 rings (SSSR count). The van der Waals surface area contributed by atoms with Crippen molar-refractivity contribution in [2.24, 2.45) is 0 Å². The van der Waals surface area contributed by atoms with E-state index in [1.54, 1.807) is 30.6 Å². The van der Waals surface area contributed by atoms with Crippen molar-refractivity contribution in [2.75, 3.05) is 10.5 Å². The molecule has 7 heteroatoms. The van der Waals surface area contributed by atoms with Gasteiger partial charge in [0.1, 0.15) is 0 Å². The van der Waals surface area contributed by atoms with Crippen LogP contribution in [0.2, 0.25) is 0 Å². The lowest BCUT2D eigenvalue weighted by Crippen LogP contribution is -2.05. The van der Waals surface area contributed by atoms with Crippen LogP contribution in [0.25, 0.3) is 10.9 Å². The van der Waals surface area contributed by atoms with Crippen LogP contribution in [0.5, 0.6) is 0 Å². The number of nitrogens with zero attached hydrogens (tertiary/aromatic N) is 2. The number of hydrogen-bond acceptors (Lipinski definition) is 5. The van der Waals surface area contributed by atoms with Crippen molar-refractivity contribution in [1.29, 1.82) is 0 Å². The molecular formula is C12H10N4OS2. The molecule has 5 nitrogen and oxygen atoms in total. The van der Waals surface area contributed by atoms with E-state index in [0.717, 1.165) is 5.39 Å². The molecule has 0 saturated carbocycles. The molecule has 2 heterocycles. The highest BCUT2D eigenvalue weighted by Gasteiger charge is 2.11. The van der Waals surface area contributed by atoms with Crippen molar-refractivity contribution >= 4 is 44.0 Å². The van der Waals surface area contributed by atoms with Gasteiger partial charge in [0, 0.05) is 23.2 Å². The van der Waals surface area contributed by atoms with Gasteiger partial charge in [-0.05, 0) is 24.3 Å². The number of fused-ring (bicyclic) bond motifs is 1. The lowest BCUT2D eigenvalue weighted by atomic mass is 10.2. The number of nitrogens with one attached hydrogen (secondary N) is 1. The first-order valence-corrected chi connectivity index (χ1v) is 7.50. The minimum absolute atomic E-state index is 0.575. The third-order valence-corrected chi connectivity index (χ3v) is 4.52. The first-order valence-electron chi connectivity index (χ1n) is 5.47. The molecule has 3 aromatic rings. The van der Waals surface area contributed by atoms with Crippen molar-refractivity contribution in [3.63, 3.8) is 0 Å². The summed E-state index contributed by atoms with van der Waals surface area (Å²) in [5.41, 5.74) is 7.11. The Morgan fingerprint density at radius 1 is 1.21 bits per heavy atom. The van der Waals surface area contributed by atoms with Gasteiger partial charge in [-0.15, -0.1) is 11.3 Å². The zero-order valence-electron chi connectivity index (χ0n) is 9.74. The molecule has 96 valence electrons. The molecular weight excluding hydrogens is 280 g/mol. The van der Waals surface area contributed by atoms with E-state index in [0.29, 0.717) is 21.2 Å². The molecule has 0 spiro atoms. The lowest BCUT2D eigenvalue weighted by Gasteiger charge is -2.08. The normalized spacial score (nSPS) is 12.4. The highest BCUT2D eigenvalue weighted by atomic mass is 32.2. The van der Waals surface area contributed by atoms with Gasteiger partial charge in [0.25, 0.3) is 0 Å². The van der Waals surface area contributed by atoms with Gasteiger partial charge in [0.15, 0.2) is 16.1 Å². The second kappa shape index (κ2) is 4.94. The van der Waals surface area contributed by atoms with Crippen LogP contribution >= 0.6 is 11.3 Å². The zero-order valence-corrected chi connectivity index (χ0v) is 11.4. The Balaban J connectivity index is 2.05. The Hall–Kier alpha value is -1.99. The van der Waals surface area contributed by atoms with Crippen LogP contribution in [0.1, 0.15) is 0 Å². The van der Waals surface area contributed by atoms with Crippen molar-refractivity contribution in [1.82, 2.24) is 9.97 Å². The fourth-order valence-corrected chi connectivity index (χ4v) is 3.41. The molecule has 1 unspecified atom stereocenters. The number of nitrogens with two attached hydrogens (primary N) is 1. The topological polar surface area (TPSA) is 80.9 Å². The standard InChI is InChI=1S/C12H10N4OS2/c13-9-3-4-10(8-2-1-5-14-11(8)9)19(17)16-12-15-6-7-18-12/h1-7H,13H2,(H,15,16). The SMILES string of the molecule is Nc1ccc(S(=O)Nc2nccs2)c2cccnc12. The Bertz CT molecular complexity index is 743. The van der Waals surface area contributed by atoms with Crippen LogP contribution < -0.4 is 10.5 Å². The summed E-state index contributed by atoms with van der Waals surface area (Å²) in [6, 6.07) is 7.11. The van der Waals surface area contributed by atoms with E-state index in [9.17, 15) is 4.21 Å².